The Morgan fingerprint density at radius 2 is 1.82 bits per heavy atom. The van der Waals surface area contributed by atoms with Crippen LogP contribution in [0.5, 0.6) is 11.5 Å². The molecule has 1 aromatic rings. The fourth-order valence-electron chi connectivity index (χ4n) is 1.49. The molecule has 0 radical (unpaired) electrons. The second-order valence-electron chi connectivity index (χ2n) is 3.56. The quantitative estimate of drug-likeness (QED) is 0.733. The van der Waals surface area contributed by atoms with Crippen LogP contribution in [0, 0.1) is 17.2 Å². The Hall–Kier alpha value is -2.02. The number of carbonyl (C=O) groups excluding carboxylic acids is 1. The number of hydrogen-bond donors (Lipinski definition) is 0. The summed E-state index contributed by atoms with van der Waals surface area (Å²) in [7, 11) is 3.04. The van der Waals surface area contributed by atoms with Crippen molar-refractivity contribution < 1.29 is 14.3 Å². The molecule has 1 atom stereocenters. The zero-order valence-electron chi connectivity index (χ0n) is 10.2. The van der Waals surface area contributed by atoms with Gasteiger partial charge in [0.1, 0.15) is 17.4 Å². The van der Waals surface area contributed by atoms with Gasteiger partial charge in [-0.1, -0.05) is 6.92 Å². The van der Waals surface area contributed by atoms with E-state index in [0.717, 1.165) is 0 Å². The van der Waals surface area contributed by atoms with Crippen LogP contribution in [0.3, 0.4) is 0 Å². The van der Waals surface area contributed by atoms with Gasteiger partial charge in [-0.05, 0) is 18.6 Å². The van der Waals surface area contributed by atoms with Crippen molar-refractivity contribution in [2.24, 2.45) is 5.92 Å². The molecule has 0 fully saturated rings. The minimum Gasteiger partial charge on any atom is -0.497 e. The van der Waals surface area contributed by atoms with Gasteiger partial charge in [-0.2, -0.15) is 5.26 Å². The Balaban J connectivity index is 3.13. The number of methoxy groups -OCH3 is 2. The number of ether oxygens (including phenoxy) is 2. The molecular formula is C13H15NO3. The maximum atomic E-state index is 12.0. The van der Waals surface area contributed by atoms with Crippen molar-refractivity contribution in [3.63, 3.8) is 0 Å². The summed E-state index contributed by atoms with van der Waals surface area (Å²) in [5.74, 6) is 0.264. The molecule has 0 saturated carbocycles. The lowest BCUT2D eigenvalue weighted by molar-refractivity contribution is 0.0946. The lowest BCUT2D eigenvalue weighted by Gasteiger charge is -2.09. The molecule has 0 saturated heterocycles. The van der Waals surface area contributed by atoms with Crippen molar-refractivity contribution in [2.45, 2.75) is 13.3 Å². The molecule has 4 nitrogen and oxygen atoms in total. The topological polar surface area (TPSA) is 59.3 Å². The van der Waals surface area contributed by atoms with Gasteiger partial charge >= 0.3 is 0 Å². The molecule has 4 heteroatoms. The molecule has 0 heterocycles. The molecule has 90 valence electrons. The molecule has 0 aliphatic carbocycles. The molecule has 0 aliphatic heterocycles. The fourth-order valence-corrected chi connectivity index (χ4v) is 1.49. The van der Waals surface area contributed by atoms with Crippen LogP contribution in [0.15, 0.2) is 18.2 Å². The SMILES string of the molecule is CCC(C#N)C(=O)c1cc(OC)cc(OC)c1. The number of rotatable bonds is 5. The Kier molecular flexibility index (Phi) is 4.53. The largest absolute Gasteiger partial charge is 0.497 e. The number of carbonyl (C=O) groups is 1. The van der Waals surface area contributed by atoms with Crippen LogP contribution in [-0.2, 0) is 0 Å². The molecule has 1 unspecified atom stereocenters. The van der Waals surface area contributed by atoms with Crippen molar-refractivity contribution in [3.05, 3.63) is 23.8 Å². The Bertz CT molecular complexity index is 426. The molecule has 1 aromatic carbocycles. The molecule has 0 N–H and O–H groups in total. The lowest BCUT2D eigenvalue weighted by Crippen LogP contribution is -2.12. The lowest BCUT2D eigenvalue weighted by atomic mass is 9.96. The third-order valence-corrected chi connectivity index (χ3v) is 2.52. The monoisotopic (exact) mass is 233 g/mol. The van der Waals surface area contributed by atoms with E-state index in [-0.39, 0.29) is 5.78 Å². The van der Waals surface area contributed by atoms with E-state index in [0.29, 0.717) is 23.5 Å². The highest BCUT2D eigenvalue weighted by Crippen LogP contribution is 2.24. The molecule has 0 bridgehead atoms. The molecule has 1 rings (SSSR count). The van der Waals surface area contributed by atoms with Crippen molar-refractivity contribution in [2.75, 3.05) is 14.2 Å². The van der Waals surface area contributed by atoms with E-state index in [4.69, 9.17) is 14.7 Å². The fraction of sp³-hybridized carbons (Fsp3) is 0.385. The van der Waals surface area contributed by atoms with E-state index in [1.807, 2.05) is 13.0 Å². The second-order valence-corrected chi connectivity index (χ2v) is 3.56. The van der Waals surface area contributed by atoms with Crippen LogP contribution in [0.4, 0.5) is 0 Å². The molecule has 0 aliphatic rings. The van der Waals surface area contributed by atoms with E-state index in [1.54, 1.807) is 18.2 Å². The van der Waals surface area contributed by atoms with Gasteiger partial charge in [-0.25, -0.2) is 0 Å². The summed E-state index contributed by atoms with van der Waals surface area (Å²) in [5, 5.41) is 8.88. The first kappa shape index (κ1) is 13.0. The molecule has 0 spiro atoms. The molecule has 0 aromatic heterocycles. The van der Waals surface area contributed by atoms with Gasteiger partial charge in [0, 0.05) is 11.6 Å². The molecule has 17 heavy (non-hydrogen) atoms. The maximum absolute atomic E-state index is 12.0. The van der Waals surface area contributed by atoms with Crippen molar-refractivity contribution in [1.82, 2.24) is 0 Å². The summed E-state index contributed by atoms with van der Waals surface area (Å²) in [4.78, 5) is 12.0. The van der Waals surface area contributed by atoms with Crippen LogP contribution < -0.4 is 9.47 Å². The van der Waals surface area contributed by atoms with Gasteiger partial charge in [0.2, 0.25) is 0 Å². The minimum absolute atomic E-state index is 0.202. The van der Waals surface area contributed by atoms with Crippen molar-refractivity contribution >= 4 is 5.78 Å². The third-order valence-electron chi connectivity index (χ3n) is 2.52. The maximum Gasteiger partial charge on any atom is 0.180 e. The standard InChI is InChI=1S/C13H15NO3/c1-4-9(8-14)13(15)10-5-11(16-2)7-12(6-10)17-3/h5-7,9H,4H2,1-3H3. The van der Waals surface area contributed by atoms with Crippen LogP contribution in [0.2, 0.25) is 0 Å². The van der Waals surface area contributed by atoms with Crippen molar-refractivity contribution in [3.8, 4) is 17.6 Å². The number of nitrogens with zero attached hydrogens (tertiary/aromatic N) is 1. The normalized spacial score (nSPS) is 11.4. The van der Waals surface area contributed by atoms with Crippen LogP contribution in [0.25, 0.3) is 0 Å². The number of ketones is 1. The second kappa shape index (κ2) is 5.90. The minimum atomic E-state index is -0.619. The Morgan fingerprint density at radius 1 is 1.29 bits per heavy atom. The van der Waals surface area contributed by atoms with Crippen LogP contribution in [0.1, 0.15) is 23.7 Å². The number of hydrogen-bond acceptors (Lipinski definition) is 4. The average Bonchev–Trinajstić information content (AvgIpc) is 2.39. The first-order valence-corrected chi connectivity index (χ1v) is 5.33. The van der Waals surface area contributed by atoms with Crippen LogP contribution in [-0.4, -0.2) is 20.0 Å². The van der Waals surface area contributed by atoms with E-state index < -0.39 is 5.92 Å². The van der Waals surface area contributed by atoms with Crippen LogP contribution >= 0.6 is 0 Å². The first-order chi connectivity index (χ1) is 8.15. The van der Waals surface area contributed by atoms with Gasteiger partial charge in [0.25, 0.3) is 0 Å². The van der Waals surface area contributed by atoms with E-state index in [1.165, 1.54) is 14.2 Å². The Labute approximate surface area is 101 Å². The summed E-state index contributed by atoms with van der Waals surface area (Å²) in [6.45, 7) is 1.81. The smallest absolute Gasteiger partial charge is 0.180 e. The van der Waals surface area contributed by atoms with E-state index >= 15 is 0 Å². The highest BCUT2D eigenvalue weighted by atomic mass is 16.5. The van der Waals surface area contributed by atoms with Crippen molar-refractivity contribution in [1.29, 1.82) is 5.26 Å². The highest BCUT2D eigenvalue weighted by molar-refractivity contribution is 6.00. The zero-order chi connectivity index (χ0) is 12.8. The predicted molar refractivity (Wildman–Crippen MR) is 63.3 cm³/mol. The first-order valence-electron chi connectivity index (χ1n) is 5.33. The summed E-state index contributed by atoms with van der Waals surface area (Å²) >= 11 is 0. The van der Waals surface area contributed by atoms with Gasteiger partial charge in [-0.15, -0.1) is 0 Å². The highest BCUT2D eigenvalue weighted by Gasteiger charge is 2.19. The summed E-state index contributed by atoms with van der Waals surface area (Å²) in [6.07, 6.45) is 0.495. The van der Waals surface area contributed by atoms with E-state index in [9.17, 15) is 4.79 Å². The number of benzene rings is 1. The number of Topliss-reactive ketones (excluding diaryl/α,β-unsaturated/α-hetero) is 1. The number of nitriles is 1. The third kappa shape index (κ3) is 2.97. The summed E-state index contributed by atoms with van der Waals surface area (Å²) < 4.78 is 10.2. The van der Waals surface area contributed by atoms with E-state index in [2.05, 4.69) is 0 Å². The van der Waals surface area contributed by atoms with Gasteiger partial charge in [0.15, 0.2) is 5.78 Å². The zero-order valence-corrected chi connectivity index (χ0v) is 10.2. The predicted octanol–water partition coefficient (Wildman–Crippen LogP) is 2.44. The van der Waals surface area contributed by atoms with Gasteiger partial charge < -0.3 is 9.47 Å². The summed E-state index contributed by atoms with van der Waals surface area (Å²) in [5.41, 5.74) is 0.439. The van der Waals surface area contributed by atoms with Gasteiger partial charge in [0.05, 0.1) is 20.3 Å². The summed E-state index contributed by atoms with van der Waals surface area (Å²) in [6, 6.07) is 6.91. The molecule has 0 amide bonds. The average molecular weight is 233 g/mol. The van der Waals surface area contributed by atoms with Gasteiger partial charge in [-0.3, -0.25) is 4.79 Å². The Morgan fingerprint density at radius 3 is 2.18 bits per heavy atom. The molecular weight excluding hydrogens is 218 g/mol.